The van der Waals surface area contributed by atoms with Gasteiger partial charge in [-0.3, -0.25) is 4.79 Å². The van der Waals surface area contributed by atoms with Gasteiger partial charge in [-0.25, -0.2) is 4.98 Å². The van der Waals surface area contributed by atoms with Crippen LogP contribution in [0.5, 0.6) is 0 Å². The zero-order valence-electron chi connectivity index (χ0n) is 7.38. The maximum absolute atomic E-state index is 11.5. The van der Waals surface area contributed by atoms with Gasteiger partial charge in [-0.15, -0.1) is 11.3 Å². The molecule has 0 amide bonds. The highest BCUT2D eigenvalue weighted by atomic mass is 32.1. The van der Waals surface area contributed by atoms with E-state index in [4.69, 9.17) is 0 Å². The second-order valence-corrected chi connectivity index (χ2v) is 4.91. The first kappa shape index (κ1) is 7.68. The third-order valence-corrected chi connectivity index (χ3v) is 4.01. The standard InChI is InChI=1S/C10H11NOS/c12-8-3-1-2-7-9(8)13-10(11-7)6-4-5-6/h6H,1-5H2. The molecule has 2 aliphatic rings. The lowest BCUT2D eigenvalue weighted by Crippen LogP contribution is -2.07. The average molecular weight is 193 g/mol. The Morgan fingerprint density at radius 1 is 1.31 bits per heavy atom. The molecule has 1 aromatic rings. The number of hydrogen-bond acceptors (Lipinski definition) is 3. The summed E-state index contributed by atoms with van der Waals surface area (Å²) < 4.78 is 0. The molecule has 0 unspecified atom stereocenters. The fourth-order valence-corrected chi connectivity index (χ4v) is 3.04. The highest BCUT2D eigenvalue weighted by Crippen LogP contribution is 2.43. The van der Waals surface area contributed by atoms with Gasteiger partial charge in [0.25, 0.3) is 0 Å². The number of nitrogens with zero attached hydrogens (tertiary/aromatic N) is 1. The molecule has 0 saturated heterocycles. The number of hydrogen-bond donors (Lipinski definition) is 0. The van der Waals surface area contributed by atoms with Crippen molar-refractivity contribution in [3.63, 3.8) is 0 Å². The first-order valence-electron chi connectivity index (χ1n) is 4.87. The van der Waals surface area contributed by atoms with E-state index in [1.165, 1.54) is 17.8 Å². The first-order chi connectivity index (χ1) is 6.34. The molecule has 2 nitrogen and oxygen atoms in total. The Morgan fingerprint density at radius 3 is 2.85 bits per heavy atom. The van der Waals surface area contributed by atoms with E-state index < -0.39 is 0 Å². The van der Waals surface area contributed by atoms with Crippen molar-refractivity contribution in [3.05, 3.63) is 15.6 Å². The molecule has 13 heavy (non-hydrogen) atoms. The number of aryl methyl sites for hydroxylation is 1. The van der Waals surface area contributed by atoms with Crippen LogP contribution >= 0.6 is 11.3 Å². The maximum atomic E-state index is 11.5. The largest absolute Gasteiger partial charge is 0.293 e. The molecule has 0 aromatic carbocycles. The van der Waals surface area contributed by atoms with Crippen LogP contribution in [0, 0.1) is 0 Å². The molecule has 1 heterocycles. The predicted molar refractivity (Wildman–Crippen MR) is 51.4 cm³/mol. The summed E-state index contributed by atoms with van der Waals surface area (Å²) in [4.78, 5) is 17.0. The molecule has 0 atom stereocenters. The van der Waals surface area contributed by atoms with Gasteiger partial charge in [0.2, 0.25) is 0 Å². The van der Waals surface area contributed by atoms with Gasteiger partial charge in [-0.05, 0) is 25.7 Å². The number of ketones is 1. The Bertz CT molecular complexity index is 365. The van der Waals surface area contributed by atoms with Crippen molar-refractivity contribution in [1.82, 2.24) is 4.98 Å². The topological polar surface area (TPSA) is 30.0 Å². The third-order valence-electron chi connectivity index (χ3n) is 2.71. The molecular weight excluding hydrogens is 182 g/mol. The Morgan fingerprint density at radius 2 is 2.15 bits per heavy atom. The zero-order chi connectivity index (χ0) is 8.84. The van der Waals surface area contributed by atoms with Gasteiger partial charge in [-0.2, -0.15) is 0 Å². The van der Waals surface area contributed by atoms with Crippen LogP contribution in [0.25, 0.3) is 0 Å². The van der Waals surface area contributed by atoms with Gasteiger partial charge in [0.15, 0.2) is 5.78 Å². The number of aromatic nitrogens is 1. The Hall–Kier alpha value is -0.700. The number of thiazole rings is 1. The van der Waals surface area contributed by atoms with Crippen LogP contribution in [0.15, 0.2) is 0 Å². The Kier molecular flexibility index (Phi) is 1.56. The fourth-order valence-electron chi connectivity index (χ4n) is 1.79. The number of fused-ring (bicyclic) bond motifs is 1. The maximum Gasteiger partial charge on any atom is 0.174 e. The summed E-state index contributed by atoms with van der Waals surface area (Å²) in [5.41, 5.74) is 1.09. The van der Waals surface area contributed by atoms with Crippen molar-refractivity contribution in [3.8, 4) is 0 Å². The number of carbonyl (C=O) groups is 1. The van der Waals surface area contributed by atoms with E-state index in [2.05, 4.69) is 4.98 Å². The summed E-state index contributed by atoms with van der Waals surface area (Å²) in [7, 11) is 0. The smallest absolute Gasteiger partial charge is 0.174 e. The number of rotatable bonds is 1. The molecule has 0 spiro atoms. The lowest BCUT2D eigenvalue weighted by atomic mass is 10.0. The van der Waals surface area contributed by atoms with Crippen molar-refractivity contribution >= 4 is 17.1 Å². The number of carbonyl (C=O) groups excluding carboxylic acids is 1. The Labute approximate surface area is 81.0 Å². The molecule has 0 N–H and O–H groups in total. The zero-order valence-corrected chi connectivity index (χ0v) is 8.19. The summed E-state index contributed by atoms with van der Waals surface area (Å²) in [6, 6.07) is 0. The summed E-state index contributed by atoms with van der Waals surface area (Å²) in [6.07, 6.45) is 5.31. The molecule has 0 aliphatic heterocycles. The molecule has 2 aliphatic carbocycles. The van der Waals surface area contributed by atoms with Gasteiger partial charge >= 0.3 is 0 Å². The Balaban J connectivity index is 2.04. The molecule has 3 rings (SSSR count). The molecule has 1 saturated carbocycles. The summed E-state index contributed by atoms with van der Waals surface area (Å²) in [6.45, 7) is 0. The van der Waals surface area contributed by atoms with Crippen LogP contribution in [0.3, 0.4) is 0 Å². The molecule has 0 radical (unpaired) electrons. The van der Waals surface area contributed by atoms with Gasteiger partial charge in [0.1, 0.15) is 0 Å². The minimum absolute atomic E-state index is 0.325. The van der Waals surface area contributed by atoms with Crippen LogP contribution in [0.2, 0.25) is 0 Å². The minimum Gasteiger partial charge on any atom is -0.293 e. The van der Waals surface area contributed by atoms with Gasteiger partial charge in [0, 0.05) is 12.3 Å². The minimum atomic E-state index is 0.325. The molecule has 68 valence electrons. The summed E-state index contributed by atoms with van der Waals surface area (Å²) >= 11 is 1.65. The van der Waals surface area contributed by atoms with Crippen LogP contribution in [-0.4, -0.2) is 10.8 Å². The van der Waals surface area contributed by atoms with Crippen molar-refractivity contribution in [2.24, 2.45) is 0 Å². The predicted octanol–water partition coefficient (Wildman–Crippen LogP) is 2.54. The molecule has 3 heteroatoms. The van der Waals surface area contributed by atoms with E-state index in [-0.39, 0.29) is 0 Å². The van der Waals surface area contributed by atoms with E-state index in [9.17, 15) is 4.79 Å². The molecule has 0 bridgehead atoms. The van der Waals surface area contributed by atoms with Crippen LogP contribution in [0.1, 0.15) is 52.0 Å². The monoisotopic (exact) mass is 193 g/mol. The van der Waals surface area contributed by atoms with Crippen molar-refractivity contribution in [2.45, 2.75) is 38.0 Å². The fraction of sp³-hybridized carbons (Fsp3) is 0.600. The number of Topliss-reactive ketones (excluding diaryl/α,β-unsaturated/α-hetero) is 1. The van der Waals surface area contributed by atoms with Crippen LogP contribution < -0.4 is 0 Å². The van der Waals surface area contributed by atoms with Crippen molar-refractivity contribution < 1.29 is 4.79 Å². The highest BCUT2D eigenvalue weighted by molar-refractivity contribution is 7.14. The first-order valence-corrected chi connectivity index (χ1v) is 5.69. The van der Waals surface area contributed by atoms with E-state index in [1.54, 1.807) is 11.3 Å². The van der Waals surface area contributed by atoms with Crippen molar-refractivity contribution in [2.75, 3.05) is 0 Å². The summed E-state index contributed by atoms with van der Waals surface area (Å²) in [5.74, 6) is 1.02. The van der Waals surface area contributed by atoms with E-state index in [0.717, 1.165) is 29.8 Å². The second-order valence-electron chi connectivity index (χ2n) is 3.88. The van der Waals surface area contributed by atoms with E-state index >= 15 is 0 Å². The van der Waals surface area contributed by atoms with E-state index in [1.807, 2.05) is 0 Å². The lowest BCUT2D eigenvalue weighted by molar-refractivity contribution is 0.0976. The average Bonchev–Trinajstić information content (AvgIpc) is 2.87. The van der Waals surface area contributed by atoms with Gasteiger partial charge in [-0.1, -0.05) is 0 Å². The van der Waals surface area contributed by atoms with Gasteiger partial charge in [0.05, 0.1) is 15.6 Å². The quantitative estimate of drug-likeness (QED) is 0.686. The van der Waals surface area contributed by atoms with Gasteiger partial charge < -0.3 is 0 Å². The van der Waals surface area contributed by atoms with E-state index in [0.29, 0.717) is 11.7 Å². The lowest BCUT2D eigenvalue weighted by Gasteiger charge is -2.06. The van der Waals surface area contributed by atoms with Crippen molar-refractivity contribution in [1.29, 1.82) is 0 Å². The summed E-state index contributed by atoms with van der Waals surface area (Å²) in [5, 5.41) is 1.22. The third kappa shape index (κ3) is 1.22. The SMILES string of the molecule is O=C1CCCc2nc(C3CC3)sc21. The normalized spacial score (nSPS) is 21.7. The second kappa shape index (κ2) is 2.64. The van der Waals surface area contributed by atoms with Crippen LogP contribution in [-0.2, 0) is 6.42 Å². The highest BCUT2D eigenvalue weighted by Gasteiger charge is 2.30. The molecular formula is C10H11NOS. The van der Waals surface area contributed by atoms with Crippen LogP contribution in [0.4, 0.5) is 0 Å². The molecule has 1 aromatic heterocycles. The molecule has 1 fully saturated rings.